The van der Waals surface area contributed by atoms with E-state index >= 15 is 0 Å². The van der Waals surface area contributed by atoms with Crippen molar-refractivity contribution >= 4 is 0 Å². The van der Waals surface area contributed by atoms with Gasteiger partial charge in [0.15, 0.2) is 0 Å². The van der Waals surface area contributed by atoms with E-state index in [4.69, 9.17) is 0 Å². The largest absolute Gasteiger partial charge is 3.00 e. The second-order valence-electron chi connectivity index (χ2n) is 2.62. The standard InChI is InChI=1S/C9H19.2CH3.Rh/c1-3-5-7-9-8-6-4-2;;;/h1,3-9H2,2H3;2*1H3;/q3*-1;+3. The number of hydrogen-bond donors (Lipinski definition) is 0. The molecule has 0 spiro atoms. The summed E-state index contributed by atoms with van der Waals surface area (Å²) in [5.41, 5.74) is 0. The summed E-state index contributed by atoms with van der Waals surface area (Å²) in [6.45, 7) is 6.05. The van der Waals surface area contributed by atoms with Crippen molar-refractivity contribution < 1.29 is 19.5 Å². The van der Waals surface area contributed by atoms with E-state index in [1.165, 1.54) is 38.5 Å². The third kappa shape index (κ3) is 22.4. The Kier molecular flexibility index (Phi) is 43.1. The molecular weight excluding hydrogens is 235 g/mol. The van der Waals surface area contributed by atoms with Crippen LogP contribution in [0.5, 0.6) is 0 Å². The molecule has 0 heterocycles. The molecule has 0 rings (SSSR count). The Balaban J connectivity index is -0.000000107. The molecule has 1 heteroatoms. The van der Waals surface area contributed by atoms with Gasteiger partial charge < -0.3 is 21.8 Å². The fraction of sp³-hybridized carbons (Fsp3) is 0.727. The summed E-state index contributed by atoms with van der Waals surface area (Å²) >= 11 is 0. The van der Waals surface area contributed by atoms with Crippen molar-refractivity contribution in [3.8, 4) is 0 Å². The van der Waals surface area contributed by atoms with Crippen LogP contribution in [0.3, 0.4) is 0 Å². The van der Waals surface area contributed by atoms with Crippen molar-refractivity contribution in [1.29, 1.82) is 0 Å². The van der Waals surface area contributed by atoms with Gasteiger partial charge in [0.1, 0.15) is 0 Å². The molecule has 0 saturated carbocycles. The Bertz CT molecular complexity index is 38.3. The van der Waals surface area contributed by atoms with Crippen molar-refractivity contribution in [3.63, 3.8) is 0 Å². The first-order valence-electron chi connectivity index (χ1n) is 4.21. The van der Waals surface area contributed by atoms with Crippen molar-refractivity contribution in [2.75, 3.05) is 0 Å². The maximum absolute atomic E-state index is 3.80. The van der Waals surface area contributed by atoms with Gasteiger partial charge in [-0.15, -0.1) is 0 Å². The van der Waals surface area contributed by atoms with Gasteiger partial charge in [-0.25, -0.2) is 0 Å². The molecule has 0 aliphatic heterocycles. The third-order valence-corrected chi connectivity index (χ3v) is 1.60. The monoisotopic (exact) mass is 260 g/mol. The van der Waals surface area contributed by atoms with Gasteiger partial charge in [-0.3, -0.25) is 0 Å². The van der Waals surface area contributed by atoms with Crippen LogP contribution < -0.4 is 0 Å². The van der Waals surface area contributed by atoms with Crippen LogP contribution in [-0.2, 0) is 19.5 Å². The van der Waals surface area contributed by atoms with Crippen LogP contribution in [0.2, 0.25) is 0 Å². The van der Waals surface area contributed by atoms with Crippen LogP contribution >= 0.6 is 0 Å². The van der Waals surface area contributed by atoms with Crippen molar-refractivity contribution in [2.45, 2.75) is 51.9 Å². The van der Waals surface area contributed by atoms with E-state index in [1.807, 2.05) is 0 Å². The minimum Gasteiger partial charge on any atom is -0.358 e. The summed E-state index contributed by atoms with van der Waals surface area (Å²) < 4.78 is 0. The molecule has 0 fully saturated rings. The quantitative estimate of drug-likeness (QED) is 0.375. The van der Waals surface area contributed by atoms with Gasteiger partial charge in [-0.2, -0.15) is 6.42 Å². The van der Waals surface area contributed by atoms with Gasteiger partial charge in [0.25, 0.3) is 0 Å². The predicted octanol–water partition coefficient (Wildman–Crippen LogP) is 4.47. The van der Waals surface area contributed by atoms with Crippen molar-refractivity contribution in [2.24, 2.45) is 0 Å². The van der Waals surface area contributed by atoms with E-state index in [-0.39, 0.29) is 34.3 Å². The molecule has 0 unspecified atom stereocenters. The first kappa shape index (κ1) is 22.9. The molecule has 0 amide bonds. The molecule has 12 heavy (non-hydrogen) atoms. The van der Waals surface area contributed by atoms with E-state index < -0.39 is 0 Å². The van der Waals surface area contributed by atoms with Crippen molar-refractivity contribution in [3.05, 3.63) is 21.8 Å². The summed E-state index contributed by atoms with van der Waals surface area (Å²) in [6.07, 6.45) is 9.45. The van der Waals surface area contributed by atoms with Gasteiger partial charge in [-0.05, 0) is 0 Å². The second-order valence-corrected chi connectivity index (χ2v) is 2.62. The van der Waals surface area contributed by atoms with Crippen molar-refractivity contribution in [1.82, 2.24) is 0 Å². The molecule has 0 bridgehead atoms. The average molecular weight is 260 g/mol. The van der Waals surface area contributed by atoms with Crippen LogP contribution in [0.25, 0.3) is 0 Å². The van der Waals surface area contributed by atoms with Crippen LogP contribution in [0, 0.1) is 21.8 Å². The molecule has 0 aromatic heterocycles. The van der Waals surface area contributed by atoms with Crippen LogP contribution in [0.15, 0.2) is 0 Å². The third-order valence-electron chi connectivity index (χ3n) is 1.60. The number of unbranched alkanes of at least 4 members (excludes halogenated alkanes) is 6. The van der Waals surface area contributed by atoms with E-state index in [0.717, 1.165) is 6.42 Å². The van der Waals surface area contributed by atoms with E-state index in [0.29, 0.717) is 0 Å². The SMILES string of the molecule is [CH2-]CCCCCCCC.[CH3-].[CH3-].[Rh+3]. The summed E-state index contributed by atoms with van der Waals surface area (Å²) in [5, 5.41) is 0. The summed E-state index contributed by atoms with van der Waals surface area (Å²) in [5.74, 6) is 0. The first-order valence-corrected chi connectivity index (χ1v) is 4.21. The maximum Gasteiger partial charge on any atom is 3.00 e. The molecule has 0 aliphatic carbocycles. The normalized spacial score (nSPS) is 7.50. The molecular formula is C11H25Rh. The summed E-state index contributed by atoms with van der Waals surface area (Å²) in [7, 11) is 0. The Hall–Kier alpha value is 0.623. The predicted molar refractivity (Wildman–Crippen MR) is 56.2 cm³/mol. The summed E-state index contributed by atoms with van der Waals surface area (Å²) in [6, 6.07) is 0. The van der Waals surface area contributed by atoms with Gasteiger partial charge in [0, 0.05) is 0 Å². The molecule has 0 saturated heterocycles. The molecule has 0 aromatic carbocycles. The van der Waals surface area contributed by atoms with Crippen LogP contribution in [-0.4, -0.2) is 0 Å². The number of hydrogen-bond acceptors (Lipinski definition) is 0. The van der Waals surface area contributed by atoms with Crippen LogP contribution in [0.1, 0.15) is 51.9 Å². The molecule has 78 valence electrons. The maximum atomic E-state index is 3.80. The summed E-state index contributed by atoms with van der Waals surface area (Å²) in [4.78, 5) is 0. The first-order chi connectivity index (χ1) is 4.41. The number of rotatable bonds is 6. The van der Waals surface area contributed by atoms with E-state index in [2.05, 4.69) is 13.8 Å². The Morgan fingerprint density at radius 1 is 0.833 bits per heavy atom. The van der Waals surface area contributed by atoms with Crippen LogP contribution in [0.4, 0.5) is 0 Å². The fourth-order valence-electron chi connectivity index (χ4n) is 0.957. The van der Waals surface area contributed by atoms with Gasteiger partial charge >= 0.3 is 19.5 Å². The zero-order valence-electron chi connectivity index (χ0n) is 8.99. The smallest absolute Gasteiger partial charge is 0.358 e. The average Bonchev–Trinajstić information content (AvgIpc) is 1.89. The topological polar surface area (TPSA) is 0 Å². The van der Waals surface area contributed by atoms with E-state index in [1.54, 1.807) is 0 Å². The molecule has 0 N–H and O–H groups in total. The minimum atomic E-state index is 0. The molecule has 0 aromatic rings. The fourth-order valence-corrected chi connectivity index (χ4v) is 0.957. The van der Waals surface area contributed by atoms with E-state index in [9.17, 15) is 0 Å². The Morgan fingerprint density at radius 3 is 1.67 bits per heavy atom. The minimum absolute atomic E-state index is 0. The Morgan fingerprint density at radius 2 is 1.25 bits per heavy atom. The zero-order chi connectivity index (χ0) is 6.95. The Labute approximate surface area is 93.3 Å². The van der Waals surface area contributed by atoms with Gasteiger partial charge in [-0.1, -0.05) is 45.4 Å². The second kappa shape index (κ2) is 22.6. The molecule has 0 atom stereocenters. The molecule has 0 aliphatic rings. The molecule has 0 nitrogen and oxygen atoms in total. The van der Waals surface area contributed by atoms with Gasteiger partial charge in [0.2, 0.25) is 0 Å². The molecule has 0 radical (unpaired) electrons. The van der Waals surface area contributed by atoms with Gasteiger partial charge in [0.05, 0.1) is 0 Å². The zero-order valence-corrected chi connectivity index (χ0v) is 10.6.